The van der Waals surface area contributed by atoms with Crippen LogP contribution >= 0.6 is 0 Å². The van der Waals surface area contributed by atoms with Crippen LogP contribution in [0.5, 0.6) is 0 Å². The number of carbonyl (C=O) groups is 2. The maximum Gasteiger partial charge on any atom is 0.241 e. The summed E-state index contributed by atoms with van der Waals surface area (Å²) in [7, 11) is 0. The molecule has 1 fully saturated rings. The van der Waals surface area contributed by atoms with Crippen LogP contribution in [-0.2, 0) is 15.0 Å². The number of carbonyl (C=O) groups excluding carboxylic acids is 2. The standard InChI is InChI=1S/C19H18N2O2/c1-18(2)11-19(9-12(10-20)16(18)22)14-5-3-4-6-15(14)21(17(19)23)13-7-8-13/h3-6,9,13H,7-8,11H2,1-2H3. The van der Waals surface area contributed by atoms with Gasteiger partial charge in [-0.2, -0.15) is 5.26 Å². The Hall–Kier alpha value is -2.41. The first-order valence-electron chi connectivity index (χ1n) is 8.02. The highest BCUT2D eigenvalue weighted by molar-refractivity contribution is 6.14. The lowest BCUT2D eigenvalue weighted by Crippen LogP contribution is -2.47. The summed E-state index contributed by atoms with van der Waals surface area (Å²) in [5, 5.41) is 9.39. The normalized spacial score (nSPS) is 28.6. The third kappa shape index (κ3) is 1.77. The quantitative estimate of drug-likeness (QED) is 0.801. The fourth-order valence-electron chi connectivity index (χ4n) is 4.09. The van der Waals surface area contributed by atoms with E-state index in [0.717, 1.165) is 24.1 Å². The van der Waals surface area contributed by atoms with Crippen molar-refractivity contribution in [1.29, 1.82) is 5.26 Å². The molecular weight excluding hydrogens is 288 g/mol. The molecule has 0 aromatic heterocycles. The maximum atomic E-state index is 13.3. The highest BCUT2D eigenvalue weighted by Crippen LogP contribution is 2.54. The minimum absolute atomic E-state index is 0.0227. The zero-order valence-electron chi connectivity index (χ0n) is 13.3. The van der Waals surface area contributed by atoms with Crippen molar-refractivity contribution in [1.82, 2.24) is 0 Å². The van der Waals surface area contributed by atoms with Gasteiger partial charge in [-0.05, 0) is 37.0 Å². The minimum Gasteiger partial charge on any atom is -0.308 e. The zero-order chi connectivity index (χ0) is 16.4. The van der Waals surface area contributed by atoms with E-state index in [2.05, 4.69) is 0 Å². The molecule has 0 saturated heterocycles. The number of nitriles is 1. The fourth-order valence-corrected chi connectivity index (χ4v) is 4.09. The molecule has 4 rings (SSSR count). The summed E-state index contributed by atoms with van der Waals surface area (Å²) in [6, 6.07) is 10.1. The van der Waals surface area contributed by atoms with Crippen molar-refractivity contribution < 1.29 is 9.59 Å². The Morgan fingerprint density at radius 2 is 1.91 bits per heavy atom. The van der Waals surface area contributed by atoms with Crippen molar-refractivity contribution in [2.75, 3.05) is 4.90 Å². The van der Waals surface area contributed by atoms with E-state index in [1.807, 2.05) is 49.1 Å². The summed E-state index contributed by atoms with van der Waals surface area (Å²) in [5.74, 6) is -0.143. The SMILES string of the molecule is CC1(C)CC2(C=C(C#N)C1=O)C(=O)N(C1CC1)c1ccccc12. The lowest BCUT2D eigenvalue weighted by Gasteiger charge is -2.37. The Morgan fingerprint density at radius 1 is 1.22 bits per heavy atom. The fraction of sp³-hybridized carbons (Fsp3) is 0.421. The second-order valence-electron chi connectivity index (χ2n) is 7.45. The molecule has 1 saturated carbocycles. The molecule has 3 aliphatic rings. The number of para-hydroxylation sites is 1. The molecule has 4 heteroatoms. The predicted molar refractivity (Wildman–Crippen MR) is 85.7 cm³/mol. The first-order chi connectivity index (χ1) is 10.9. The van der Waals surface area contributed by atoms with Crippen molar-refractivity contribution in [3.63, 3.8) is 0 Å². The highest BCUT2D eigenvalue weighted by Gasteiger charge is 2.58. The van der Waals surface area contributed by atoms with E-state index in [0.29, 0.717) is 6.42 Å². The van der Waals surface area contributed by atoms with Crippen molar-refractivity contribution in [2.24, 2.45) is 5.41 Å². The van der Waals surface area contributed by atoms with Crippen LogP contribution in [-0.4, -0.2) is 17.7 Å². The topological polar surface area (TPSA) is 61.2 Å². The van der Waals surface area contributed by atoms with E-state index < -0.39 is 10.8 Å². The first kappa shape index (κ1) is 14.2. The number of Topliss-reactive ketones (excluding diaryl/α,β-unsaturated/α-hetero) is 1. The monoisotopic (exact) mass is 306 g/mol. The van der Waals surface area contributed by atoms with Gasteiger partial charge in [0, 0.05) is 17.1 Å². The number of benzene rings is 1. The molecule has 116 valence electrons. The number of hydrogen-bond donors (Lipinski definition) is 0. The van der Waals surface area contributed by atoms with E-state index in [1.54, 1.807) is 6.08 Å². The zero-order valence-corrected chi connectivity index (χ0v) is 13.3. The van der Waals surface area contributed by atoms with Gasteiger partial charge in [-0.15, -0.1) is 0 Å². The average molecular weight is 306 g/mol. The van der Waals surface area contributed by atoms with Crippen LogP contribution in [0.25, 0.3) is 0 Å². The smallest absolute Gasteiger partial charge is 0.241 e. The molecular formula is C19H18N2O2. The van der Waals surface area contributed by atoms with E-state index >= 15 is 0 Å². The number of hydrogen-bond acceptors (Lipinski definition) is 3. The molecule has 1 unspecified atom stereocenters. The van der Waals surface area contributed by atoms with Crippen molar-refractivity contribution >= 4 is 17.4 Å². The molecule has 1 amide bonds. The molecule has 4 nitrogen and oxygen atoms in total. The van der Waals surface area contributed by atoms with Crippen LogP contribution in [0, 0.1) is 16.7 Å². The van der Waals surface area contributed by atoms with Crippen molar-refractivity contribution in [3.05, 3.63) is 41.5 Å². The molecule has 1 spiro atoms. The van der Waals surface area contributed by atoms with Gasteiger partial charge in [0.25, 0.3) is 0 Å². The summed E-state index contributed by atoms with van der Waals surface area (Å²) in [5.41, 5.74) is 0.398. The number of fused-ring (bicyclic) bond motifs is 2. The van der Waals surface area contributed by atoms with Gasteiger partial charge in [0.15, 0.2) is 5.78 Å². The molecule has 1 aliphatic heterocycles. The van der Waals surface area contributed by atoms with Crippen molar-refractivity contribution in [2.45, 2.75) is 44.6 Å². The summed E-state index contributed by atoms with van der Waals surface area (Å²) < 4.78 is 0. The number of nitrogens with zero attached hydrogens (tertiary/aromatic N) is 2. The van der Waals surface area contributed by atoms with Crippen LogP contribution in [0.2, 0.25) is 0 Å². The van der Waals surface area contributed by atoms with Crippen LogP contribution in [0.4, 0.5) is 5.69 Å². The van der Waals surface area contributed by atoms with E-state index in [-0.39, 0.29) is 23.3 Å². The Kier molecular flexibility index (Phi) is 2.67. The number of amides is 1. The van der Waals surface area contributed by atoms with Gasteiger partial charge in [-0.25, -0.2) is 0 Å². The summed E-state index contributed by atoms with van der Waals surface area (Å²) in [6.07, 6.45) is 4.09. The third-order valence-corrected chi connectivity index (χ3v) is 5.25. The molecule has 1 aromatic rings. The first-order valence-corrected chi connectivity index (χ1v) is 8.02. The van der Waals surface area contributed by atoms with Crippen LogP contribution in [0.1, 0.15) is 38.7 Å². The minimum atomic E-state index is -0.873. The summed E-state index contributed by atoms with van der Waals surface area (Å²) in [6.45, 7) is 3.66. The summed E-state index contributed by atoms with van der Waals surface area (Å²) in [4.78, 5) is 27.7. The molecule has 1 atom stereocenters. The van der Waals surface area contributed by atoms with Gasteiger partial charge in [0.1, 0.15) is 6.07 Å². The Bertz CT molecular complexity index is 811. The molecule has 0 N–H and O–H groups in total. The number of anilines is 1. The van der Waals surface area contributed by atoms with Gasteiger partial charge in [0.05, 0.1) is 11.0 Å². The number of allylic oxidation sites excluding steroid dienone is 1. The van der Waals surface area contributed by atoms with Gasteiger partial charge < -0.3 is 4.90 Å². The average Bonchev–Trinajstić information content (AvgIpc) is 3.32. The highest BCUT2D eigenvalue weighted by atomic mass is 16.2. The van der Waals surface area contributed by atoms with Crippen molar-refractivity contribution in [3.8, 4) is 6.07 Å². The lowest BCUT2D eigenvalue weighted by molar-refractivity contribution is -0.128. The number of ketones is 1. The molecule has 1 aromatic carbocycles. The van der Waals surface area contributed by atoms with Crippen LogP contribution in [0.3, 0.4) is 0 Å². The van der Waals surface area contributed by atoms with Crippen LogP contribution in [0.15, 0.2) is 35.9 Å². The Balaban J connectivity index is 1.97. The van der Waals surface area contributed by atoms with Gasteiger partial charge >= 0.3 is 0 Å². The van der Waals surface area contributed by atoms with Gasteiger partial charge in [-0.1, -0.05) is 32.0 Å². The molecule has 1 heterocycles. The van der Waals surface area contributed by atoms with Gasteiger partial charge in [0.2, 0.25) is 5.91 Å². The van der Waals surface area contributed by atoms with E-state index in [1.165, 1.54) is 0 Å². The lowest BCUT2D eigenvalue weighted by atomic mass is 9.62. The molecule has 2 aliphatic carbocycles. The predicted octanol–water partition coefficient (Wildman–Crippen LogP) is 2.88. The second kappa shape index (κ2) is 4.32. The Morgan fingerprint density at radius 3 is 2.57 bits per heavy atom. The molecule has 0 radical (unpaired) electrons. The largest absolute Gasteiger partial charge is 0.308 e. The summed E-state index contributed by atoms with van der Waals surface area (Å²) >= 11 is 0. The molecule has 0 bridgehead atoms. The van der Waals surface area contributed by atoms with E-state index in [9.17, 15) is 14.9 Å². The van der Waals surface area contributed by atoms with Gasteiger partial charge in [-0.3, -0.25) is 9.59 Å². The maximum absolute atomic E-state index is 13.3. The van der Waals surface area contributed by atoms with Crippen LogP contribution < -0.4 is 4.90 Å². The van der Waals surface area contributed by atoms with E-state index in [4.69, 9.17) is 0 Å². The third-order valence-electron chi connectivity index (χ3n) is 5.25. The Labute approximate surface area is 135 Å². The number of rotatable bonds is 1. The second-order valence-corrected chi connectivity index (χ2v) is 7.45. The molecule has 23 heavy (non-hydrogen) atoms.